The van der Waals surface area contributed by atoms with Crippen LogP contribution in [0.3, 0.4) is 0 Å². The number of rotatable bonds is 5. The Labute approximate surface area is 166 Å². The lowest BCUT2D eigenvalue weighted by Gasteiger charge is -2.31. The summed E-state index contributed by atoms with van der Waals surface area (Å²) in [4.78, 5) is 42.2. The fraction of sp³-hybridized carbons (Fsp3) is 0.200. The maximum Gasteiger partial charge on any atom is 0.355 e. The molecule has 29 heavy (non-hydrogen) atoms. The van der Waals surface area contributed by atoms with Gasteiger partial charge in [-0.3, -0.25) is 4.79 Å². The molecule has 2 heterocycles. The Kier molecular flexibility index (Phi) is 6.20. The number of nitrogens with one attached hydrogen (secondary N) is 1. The van der Waals surface area contributed by atoms with Crippen molar-refractivity contribution in [2.45, 2.75) is 0 Å². The second-order valence-electron chi connectivity index (χ2n) is 5.93. The normalized spacial score (nSPS) is 13.7. The summed E-state index contributed by atoms with van der Waals surface area (Å²) in [5, 5.41) is 2.69. The Balaban J connectivity index is 1.86. The van der Waals surface area contributed by atoms with Gasteiger partial charge in [-0.1, -0.05) is 6.07 Å². The molecule has 3 rings (SSSR count). The first kappa shape index (κ1) is 20.0. The van der Waals surface area contributed by atoms with E-state index >= 15 is 0 Å². The van der Waals surface area contributed by atoms with E-state index in [9.17, 15) is 14.4 Å². The third-order valence-electron chi connectivity index (χ3n) is 4.18. The Hall–Kier alpha value is -3.72. The average Bonchev–Trinajstić information content (AvgIpc) is 2.78. The Morgan fingerprint density at radius 1 is 1.03 bits per heavy atom. The molecule has 0 radical (unpaired) electrons. The van der Waals surface area contributed by atoms with Crippen LogP contribution >= 0.6 is 0 Å². The van der Waals surface area contributed by atoms with Crippen LogP contribution in [0.2, 0.25) is 0 Å². The van der Waals surface area contributed by atoms with Crippen LogP contribution in [0.15, 0.2) is 59.9 Å². The number of carbonyl (C=O) groups excluding carboxylic acids is 3. The van der Waals surface area contributed by atoms with Crippen LogP contribution in [0.5, 0.6) is 0 Å². The summed E-state index contributed by atoms with van der Waals surface area (Å²) in [6.45, 7) is -0.0391. The SMILES string of the molecule is COC(=O)C1=C(C(=O)OC)N(c2ccc(C(=O)Nc3ccccn3)cc2)COC1. The molecular formula is C20H19N3O6. The number of pyridine rings is 1. The lowest BCUT2D eigenvalue weighted by molar-refractivity contribution is -0.140. The van der Waals surface area contributed by atoms with Crippen LogP contribution in [0.25, 0.3) is 0 Å². The maximum atomic E-state index is 12.4. The summed E-state index contributed by atoms with van der Waals surface area (Å²) in [5.41, 5.74) is 1.04. The number of nitrogens with zero attached hydrogens (tertiary/aromatic N) is 2. The van der Waals surface area contributed by atoms with Gasteiger partial charge >= 0.3 is 11.9 Å². The van der Waals surface area contributed by atoms with Crippen LogP contribution in [-0.2, 0) is 23.8 Å². The zero-order valence-electron chi connectivity index (χ0n) is 15.9. The second kappa shape index (κ2) is 8.98. The number of amides is 1. The minimum Gasteiger partial charge on any atom is -0.466 e. The molecule has 1 aliphatic rings. The van der Waals surface area contributed by atoms with Gasteiger partial charge in [-0.05, 0) is 36.4 Å². The van der Waals surface area contributed by atoms with E-state index in [2.05, 4.69) is 10.3 Å². The molecule has 2 aromatic rings. The summed E-state index contributed by atoms with van der Waals surface area (Å²) in [5.74, 6) is -1.26. The van der Waals surface area contributed by atoms with Crippen molar-refractivity contribution in [1.29, 1.82) is 0 Å². The Bertz CT molecular complexity index is 940. The molecule has 0 aliphatic carbocycles. The lowest BCUT2D eigenvalue weighted by atomic mass is 10.1. The van der Waals surface area contributed by atoms with Gasteiger partial charge in [-0.15, -0.1) is 0 Å². The molecular weight excluding hydrogens is 378 g/mol. The Morgan fingerprint density at radius 2 is 1.76 bits per heavy atom. The first-order valence-electron chi connectivity index (χ1n) is 8.62. The van der Waals surface area contributed by atoms with Crippen molar-refractivity contribution in [3.05, 3.63) is 65.5 Å². The lowest BCUT2D eigenvalue weighted by Crippen LogP contribution is -2.38. The van der Waals surface area contributed by atoms with Crippen molar-refractivity contribution in [3.63, 3.8) is 0 Å². The zero-order chi connectivity index (χ0) is 20.8. The van der Waals surface area contributed by atoms with E-state index in [4.69, 9.17) is 14.2 Å². The van der Waals surface area contributed by atoms with E-state index in [0.29, 0.717) is 17.1 Å². The minimum absolute atomic E-state index is 0.0321. The average molecular weight is 397 g/mol. The molecule has 0 bridgehead atoms. The van der Waals surface area contributed by atoms with Crippen molar-refractivity contribution in [2.75, 3.05) is 37.8 Å². The third-order valence-corrected chi connectivity index (χ3v) is 4.18. The number of anilines is 2. The largest absolute Gasteiger partial charge is 0.466 e. The van der Waals surface area contributed by atoms with Crippen LogP contribution in [0.1, 0.15) is 10.4 Å². The fourth-order valence-corrected chi connectivity index (χ4v) is 2.77. The summed E-state index contributed by atoms with van der Waals surface area (Å²) in [7, 11) is 2.45. The smallest absolute Gasteiger partial charge is 0.355 e. The quantitative estimate of drug-likeness (QED) is 0.760. The highest BCUT2D eigenvalue weighted by molar-refractivity contribution is 6.05. The molecule has 0 unspecified atom stereocenters. The highest BCUT2D eigenvalue weighted by atomic mass is 16.5. The summed E-state index contributed by atoms with van der Waals surface area (Å²) < 4.78 is 15.0. The van der Waals surface area contributed by atoms with Crippen LogP contribution in [0.4, 0.5) is 11.5 Å². The van der Waals surface area contributed by atoms with Gasteiger partial charge in [0.25, 0.3) is 5.91 Å². The molecule has 1 aliphatic heterocycles. The molecule has 9 nitrogen and oxygen atoms in total. The molecule has 1 aromatic carbocycles. The molecule has 9 heteroatoms. The zero-order valence-corrected chi connectivity index (χ0v) is 15.9. The predicted octanol–water partition coefficient (Wildman–Crippen LogP) is 1.73. The van der Waals surface area contributed by atoms with Crippen molar-refractivity contribution in [2.24, 2.45) is 0 Å². The van der Waals surface area contributed by atoms with Gasteiger partial charge < -0.3 is 24.4 Å². The van der Waals surface area contributed by atoms with E-state index in [1.165, 1.54) is 19.1 Å². The second-order valence-corrected chi connectivity index (χ2v) is 5.93. The molecule has 0 fully saturated rings. The molecule has 1 N–H and O–H groups in total. The molecule has 1 amide bonds. The van der Waals surface area contributed by atoms with Crippen LogP contribution in [-0.4, -0.2) is 50.4 Å². The molecule has 150 valence electrons. The number of hydrogen-bond donors (Lipinski definition) is 1. The Morgan fingerprint density at radius 3 is 2.38 bits per heavy atom. The van der Waals surface area contributed by atoms with Gasteiger partial charge in [0.05, 0.1) is 26.4 Å². The van der Waals surface area contributed by atoms with Gasteiger partial charge in [-0.25, -0.2) is 14.6 Å². The van der Waals surface area contributed by atoms with Gasteiger partial charge in [-0.2, -0.15) is 0 Å². The standard InChI is InChI=1S/C20H19N3O6/c1-27-19(25)15-11-29-12-23(17(15)20(26)28-2)14-8-6-13(7-9-14)18(24)22-16-5-3-4-10-21-16/h3-10H,11-12H2,1-2H3,(H,21,22,24). The molecule has 0 spiro atoms. The first-order chi connectivity index (χ1) is 14.0. The summed E-state index contributed by atoms with van der Waals surface area (Å²) in [6, 6.07) is 11.7. The van der Waals surface area contributed by atoms with Crippen molar-refractivity contribution in [1.82, 2.24) is 4.98 Å². The van der Waals surface area contributed by atoms with Crippen molar-refractivity contribution >= 4 is 29.4 Å². The summed E-state index contributed by atoms with van der Waals surface area (Å²) in [6.07, 6.45) is 1.58. The molecule has 0 saturated heterocycles. The molecule has 0 saturated carbocycles. The monoisotopic (exact) mass is 397 g/mol. The number of carbonyl (C=O) groups is 3. The van der Waals surface area contributed by atoms with E-state index < -0.39 is 11.9 Å². The van der Waals surface area contributed by atoms with E-state index in [-0.39, 0.29) is 30.5 Å². The van der Waals surface area contributed by atoms with Crippen molar-refractivity contribution in [3.8, 4) is 0 Å². The number of hydrogen-bond acceptors (Lipinski definition) is 8. The van der Waals surface area contributed by atoms with Gasteiger partial charge in [0, 0.05) is 17.4 Å². The van der Waals surface area contributed by atoms with E-state index in [1.54, 1.807) is 48.7 Å². The van der Waals surface area contributed by atoms with Gasteiger partial charge in [0.15, 0.2) is 0 Å². The van der Waals surface area contributed by atoms with E-state index in [0.717, 1.165) is 0 Å². The number of esters is 2. The predicted molar refractivity (Wildman–Crippen MR) is 103 cm³/mol. The van der Waals surface area contributed by atoms with Gasteiger partial charge in [0.2, 0.25) is 0 Å². The van der Waals surface area contributed by atoms with Crippen molar-refractivity contribution < 1.29 is 28.6 Å². The van der Waals surface area contributed by atoms with Gasteiger partial charge in [0.1, 0.15) is 18.2 Å². The number of methoxy groups -OCH3 is 2. The first-order valence-corrected chi connectivity index (χ1v) is 8.62. The maximum absolute atomic E-state index is 12.4. The minimum atomic E-state index is -0.689. The number of ether oxygens (including phenoxy) is 3. The highest BCUT2D eigenvalue weighted by Crippen LogP contribution is 2.27. The summed E-state index contributed by atoms with van der Waals surface area (Å²) >= 11 is 0. The fourth-order valence-electron chi connectivity index (χ4n) is 2.77. The highest BCUT2D eigenvalue weighted by Gasteiger charge is 2.32. The third kappa shape index (κ3) is 4.41. The number of benzene rings is 1. The topological polar surface area (TPSA) is 107 Å². The van der Waals surface area contributed by atoms with E-state index in [1.807, 2.05) is 0 Å². The number of aromatic nitrogens is 1. The molecule has 0 atom stereocenters. The van der Waals surface area contributed by atoms with Crippen LogP contribution in [0, 0.1) is 0 Å². The molecule has 1 aromatic heterocycles. The van der Waals surface area contributed by atoms with Crippen LogP contribution < -0.4 is 10.2 Å².